The minimum Gasteiger partial charge on any atom is -0.384 e. The second-order valence-corrected chi connectivity index (χ2v) is 3.82. The van der Waals surface area contributed by atoms with Gasteiger partial charge in [0.15, 0.2) is 0 Å². The van der Waals surface area contributed by atoms with Crippen LogP contribution >= 0.6 is 11.6 Å². The number of fused-ring (bicyclic) bond motifs is 1. The minimum absolute atomic E-state index is 0.0350. The highest BCUT2D eigenvalue weighted by atomic mass is 35.5. The van der Waals surface area contributed by atoms with Gasteiger partial charge in [0.05, 0.1) is 5.52 Å². The van der Waals surface area contributed by atoms with Crippen LogP contribution in [-0.2, 0) is 0 Å². The standard InChI is InChI=1S/C11H10ClN3/c1-6-4-9(11(13)14)8-5-7(12)2-3-10(8)15-6/h2-5H,1H3,(H3,13,14). The molecule has 2 aromatic rings. The molecule has 3 nitrogen and oxygen atoms in total. The van der Waals surface area contributed by atoms with Crippen molar-refractivity contribution in [1.29, 1.82) is 5.41 Å². The predicted octanol–water partition coefficient (Wildman–Crippen LogP) is 2.48. The summed E-state index contributed by atoms with van der Waals surface area (Å²) in [4.78, 5) is 4.35. The normalized spacial score (nSPS) is 10.5. The van der Waals surface area contributed by atoms with Crippen LogP contribution in [0, 0.1) is 12.3 Å². The molecule has 76 valence electrons. The molecule has 1 aromatic carbocycles. The third kappa shape index (κ3) is 1.78. The lowest BCUT2D eigenvalue weighted by Gasteiger charge is -2.06. The second kappa shape index (κ2) is 3.51. The zero-order chi connectivity index (χ0) is 11.0. The van der Waals surface area contributed by atoms with Crippen molar-refractivity contribution in [2.24, 2.45) is 5.73 Å². The van der Waals surface area contributed by atoms with E-state index in [9.17, 15) is 0 Å². The Morgan fingerprint density at radius 1 is 1.40 bits per heavy atom. The first-order valence-electron chi connectivity index (χ1n) is 4.49. The maximum absolute atomic E-state index is 7.49. The van der Waals surface area contributed by atoms with Crippen molar-refractivity contribution < 1.29 is 0 Å². The molecule has 1 aromatic heterocycles. The van der Waals surface area contributed by atoms with Crippen molar-refractivity contribution in [3.05, 3.63) is 40.5 Å². The average molecular weight is 220 g/mol. The molecule has 15 heavy (non-hydrogen) atoms. The Bertz CT molecular complexity index is 549. The van der Waals surface area contributed by atoms with Crippen LogP contribution < -0.4 is 5.73 Å². The molecule has 0 amide bonds. The van der Waals surface area contributed by atoms with E-state index >= 15 is 0 Å². The lowest BCUT2D eigenvalue weighted by Crippen LogP contribution is -2.12. The summed E-state index contributed by atoms with van der Waals surface area (Å²) < 4.78 is 0. The van der Waals surface area contributed by atoms with Crippen LogP contribution in [0.2, 0.25) is 5.02 Å². The monoisotopic (exact) mass is 219 g/mol. The lowest BCUT2D eigenvalue weighted by atomic mass is 10.1. The number of nitrogens with zero attached hydrogens (tertiary/aromatic N) is 1. The van der Waals surface area contributed by atoms with Gasteiger partial charge in [-0.2, -0.15) is 0 Å². The summed E-state index contributed by atoms with van der Waals surface area (Å²) in [5.41, 5.74) is 7.84. The third-order valence-electron chi connectivity index (χ3n) is 2.19. The number of hydrogen-bond acceptors (Lipinski definition) is 2. The first-order valence-corrected chi connectivity index (χ1v) is 4.87. The van der Waals surface area contributed by atoms with Crippen LogP contribution in [0.5, 0.6) is 0 Å². The summed E-state index contributed by atoms with van der Waals surface area (Å²) in [5, 5.41) is 8.93. The summed E-state index contributed by atoms with van der Waals surface area (Å²) in [7, 11) is 0. The summed E-state index contributed by atoms with van der Waals surface area (Å²) in [6.07, 6.45) is 0. The summed E-state index contributed by atoms with van der Waals surface area (Å²) in [6.45, 7) is 1.88. The highest BCUT2D eigenvalue weighted by molar-refractivity contribution is 6.31. The number of rotatable bonds is 1. The van der Waals surface area contributed by atoms with Gasteiger partial charge in [-0.05, 0) is 31.2 Å². The molecule has 0 bridgehead atoms. The smallest absolute Gasteiger partial charge is 0.123 e. The Hall–Kier alpha value is -1.61. The molecular weight excluding hydrogens is 210 g/mol. The Balaban J connectivity index is 2.87. The largest absolute Gasteiger partial charge is 0.384 e. The highest BCUT2D eigenvalue weighted by Crippen LogP contribution is 2.21. The molecule has 0 saturated carbocycles. The Morgan fingerprint density at radius 3 is 2.80 bits per heavy atom. The van der Waals surface area contributed by atoms with E-state index in [1.54, 1.807) is 18.2 Å². The number of nitrogens with one attached hydrogen (secondary N) is 1. The fourth-order valence-electron chi connectivity index (χ4n) is 1.55. The average Bonchev–Trinajstić information content (AvgIpc) is 2.17. The predicted molar refractivity (Wildman–Crippen MR) is 62.5 cm³/mol. The molecular formula is C11H10ClN3. The molecule has 0 spiro atoms. The van der Waals surface area contributed by atoms with Gasteiger partial charge in [0.2, 0.25) is 0 Å². The molecule has 0 fully saturated rings. The molecule has 4 heteroatoms. The zero-order valence-electron chi connectivity index (χ0n) is 8.21. The number of aryl methyl sites for hydroxylation is 1. The number of aromatic nitrogens is 1. The highest BCUT2D eigenvalue weighted by Gasteiger charge is 2.06. The van der Waals surface area contributed by atoms with Crippen molar-refractivity contribution in [1.82, 2.24) is 4.98 Å². The van der Waals surface area contributed by atoms with Gasteiger partial charge < -0.3 is 5.73 Å². The van der Waals surface area contributed by atoms with E-state index in [1.165, 1.54) is 0 Å². The van der Waals surface area contributed by atoms with Crippen LogP contribution in [-0.4, -0.2) is 10.8 Å². The van der Waals surface area contributed by atoms with E-state index in [4.69, 9.17) is 22.7 Å². The maximum atomic E-state index is 7.49. The summed E-state index contributed by atoms with van der Waals surface area (Å²) in [5.74, 6) is 0.0350. The van der Waals surface area contributed by atoms with Crippen LogP contribution in [0.4, 0.5) is 0 Å². The zero-order valence-corrected chi connectivity index (χ0v) is 8.97. The molecule has 0 atom stereocenters. The summed E-state index contributed by atoms with van der Waals surface area (Å²) in [6, 6.07) is 7.18. The number of nitrogen functional groups attached to an aromatic ring is 1. The van der Waals surface area contributed by atoms with Crippen molar-refractivity contribution in [3.63, 3.8) is 0 Å². The molecule has 2 rings (SSSR count). The molecule has 0 radical (unpaired) electrons. The molecule has 0 aliphatic heterocycles. The summed E-state index contributed by atoms with van der Waals surface area (Å²) >= 11 is 5.90. The number of hydrogen-bond donors (Lipinski definition) is 2. The number of nitrogens with two attached hydrogens (primary N) is 1. The van der Waals surface area contributed by atoms with Crippen molar-refractivity contribution in [2.45, 2.75) is 6.92 Å². The van der Waals surface area contributed by atoms with Crippen molar-refractivity contribution >= 4 is 28.3 Å². The van der Waals surface area contributed by atoms with Gasteiger partial charge >= 0.3 is 0 Å². The van der Waals surface area contributed by atoms with E-state index in [0.717, 1.165) is 16.6 Å². The lowest BCUT2D eigenvalue weighted by molar-refractivity contribution is 1.24. The minimum atomic E-state index is 0.0350. The van der Waals surface area contributed by atoms with Gasteiger partial charge in [-0.3, -0.25) is 10.4 Å². The van der Waals surface area contributed by atoms with Gasteiger partial charge in [-0.15, -0.1) is 0 Å². The number of benzene rings is 1. The van der Waals surface area contributed by atoms with Crippen molar-refractivity contribution in [3.8, 4) is 0 Å². The van der Waals surface area contributed by atoms with Crippen LogP contribution in [0.1, 0.15) is 11.3 Å². The van der Waals surface area contributed by atoms with E-state index < -0.39 is 0 Å². The molecule has 0 unspecified atom stereocenters. The van der Waals surface area contributed by atoms with Gasteiger partial charge in [-0.25, -0.2) is 0 Å². The number of pyridine rings is 1. The molecule has 3 N–H and O–H groups in total. The van der Waals surface area contributed by atoms with Crippen LogP contribution in [0.3, 0.4) is 0 Å². The number of halogens is 1. The van der Waals surface area contributed by atoms with Gasteiger partial charge in [0.1, 0.15) is 5.84 Å². The fraction of sp³-hybridized carbons (Fsp3) is 0.0909. The number of amidine groups is 1. The van der Waals surface area contributed by atoms with Crippen LogP contribution in [0.25, 0.3) is 10.9 Å². The molecule has 0 aliphatic rings. The maximum Gasteiger partial charge on any atom is 0.123 e. The Morgan fingerprint density at radius 2 is 2.13 bits per heavy atom. The van der Waals surface area contributed by atoms with Crippen LogP contribution in [0.15, 0.2) is 24.3 Å². The van der Waals surface area contributed by atoms with E-state index in [-0.39, 0.29) is 5.84 Å². The Kier molecular flexibility index (Phi) is 2.32. The fourth-order valence-corrected chi connectivity index (χ4v) is 1.73. The molecule has 0 aliphatic carbocycles. The quantitative estimate of drug-likeness (QED) is 0.572. The van der Waals surface area contributed by atoms with E-state index in [2.05, 4.69) is 4.98 Å². The molecule has 0 saturated heterocycles. The third-order valence-corrected chi connectivity index (χ3v) is 2.42. The van der Waals surface area contributed by atoms with Crippen molar-refractivity contribution in [2.75, 3.05) is 0 Å². The van der Waals surface area contributed by atoms with Gasteiger partial charge in [0.25, 0.3) is 0 Å². The molecule has 1 heterocycles. The van der Waals surface area contributed by atoms with Gasteiger partial charge in [0, 0.05) is 21.7 Å². The topological polar surface area (TPSA) is 62.8 Å². The first kappa shape index (κ1) is 9.93. The SMILES string of the molecule is Cc1cc(C(=N)N)c2cc(Cl)ccc2n1. The van der Waals surface area contributed by atoms with E-state index in [0.29, 0.717) is 10.6 Å². The Labute approximate surface area is 92.4 Å². The second-order valence-electron chi connectivity index (χ2n) is 3.39. The first-order chi connectivity index (χ1) is 7.08. The van der Waals surface area contributed by atoms with Gasteiger partial charge in [-0.1, -0.05) is 11.6 Å². The van der Waals surface area contributed by atoms with E-state index in [1.807, 2.05) is 13.0 Å².